The number of hydrogen-bond donors (Lipinski definition) is 1. The third kappa shape index (κ3) is 2.05. The highest BCUT2D eigenvalue weighted by atomic mass is 14.9. The summed E-state index contributed by atoms with van der Waals surface area (Å²) in [6.45, 7) is 1.16. The third-order valence-corrected chi connectivity index (χ3v) is 2.15. The number of nitrogens with two attached hydrogens (primary N) is 1. The van der Waals surface area contributed by atoms with Gasteiger partial charge in [-0.05, 0) is 0 Å². The van der Waals surface area contributed by atoms with Crippen LogP contribution in [-0.2, 0) is 6.54 Å². The van der Waals surface area contributed by atoms with E-state index in [1.165, 1.54) is 18.4 Å². The first kappa shape index (κ1) is 6.86. The molecule has 0 heterocycles. The van der Waals surface area contributed by atoms with Gasteiger partial charge in [0.25, 0.3) is 0 Å². The standard InChI is InChI=1S/C10H13N/c1-2-4-9(5-3-1)8-11-10-6-7-10/h1-5,10-11H,6-8H2/p+1. The minimum atomic E-state index is 0.940. The molecule has 1 aliphatic rings. The van der Waals surface area contributed by atoms with Gasteiger partial charge in [-0.2, -0.15) is 0 Å². The van der Waals surface area contributed by atoms with Crippen LogP contribution in [0.5, 0.6) is 0 Å². The van der Waals surface area contributed by atoms with E-state index in [9.17, 15) is 0 Å². The van der Waals surface area contributed by atoms with Crippen LogP contribution in [0.15, 0.2) is 30.3 Å². The Hall–Kier alpha value is -0.820. The summed E-state index contributed by atoms with van der Waals surface area (Å²) in [7, 11) is 0. The molecule has 1 saturated carbocycles. The highest BCUT2D eigenvalue weighted by Gasteiger charge is 2.24. The second-order valence-electron chi connectivity index (χ2n) is 3.26. The van der Waals surface area contributed by atoms with Crippen LogP contribution in [0.1, 0.15) is 18.4 Å². The van der Waals surface area contributed by atoms with Crippen LogP contribution in [0.2, 0.25) is 0 Å². The van der Waals surface area contributed by atoms with Crippen LogP contribution in [0, 0.1) is 0 Å². The predicted octanol–water partition coefficient (Wildman–Crippen LogP) is 0.912. The molecule has 0 unspecified atom stereocenters. The molecule has 11 heavy (non-hydrogen) atoms. The molecule has 0 radical (unpaired) electrons. The van der Waals surface area contributed by atoms with E-state index < -0.39 is 0 Å². The van der Waals surface area contributed by atoms with Crippen molar-refractivity contribution >= 4 is 0 Å². The fourth-order valence-electron chi connectivity index (χ4n) is 1.25. The summed E-state index contributed by atoms with van der Waals surface area (Å²) in [6.07, 6.45) is 2.85. The predicted molar refractivity (Wildman–Crippen MR) is 45.1 cm³/mol. The van der Waals surface area contributed by atoms with Gasteiger partial charge in [0, 0.05) is 18.4 Å². The molecule has 0 spiro atoms. The zero-order valence-corrected chi connectivity index (χ0v) is 6.66. The van der Waals surface area contributed by atoms with Crippen LogP contribution in [0.3, 0.4) is 0 Å². The molecule has 1 aliphatic carbocycles. The molecule has 0 amide bonds. The molecule has 1 heteroatoms. The van der Waals surface area contributed by atoms with Crippen molar-refractivity contribution in [3.05, 3.63) is 35.9 Å². The van der Waals surface area contributed by atoms with Gasteiger partial charge in [-0.3, -0.25) is 0 Å². The van der Waals surface area contributed by atoms with Crippen molar-refractivity contribution in [3.8, 4) is 0 Å². The second kappa shape index (κ2) is 3.05. The lowest BCUT2D eigenvalue weighted by atomic mass is 10.2. The summed E-state index contributed by atoms with van der Waals surface area (Å²) in [5.41, 5.74) is 1.44. The fourth-order valence-corrected chi connectivity index (χ4v) is 1.25. The molecule has 1 aromatic carbocycles. The quantitative estimate of drug-likeness (QED) is 0.656. The normalized spacial score (nSPS) is 16.7. The number of rotatable bonds is 3. The highest BCUT2D eigenvalue weighted by molar-refractivity contribution is 5.13. The first-order valence-electron chi connectivity index (χ1n) is 4.32. The van der Waals surface area contributed by atoms with Gasteiger partial charge in [-0.25, -0.2) is 0 Å². The number of benzene rings is 1. The van der Waals surface area contributed by atoms with Crippen LogP contribution >= 0.6 is 0 Å². The molecule has 58 valence electrons. The zero-order valence-electron chi connectivity index (χ0n) is 6.66. The van der Waals surface area contributed by atoms with E-state index >= 15 is 0 Å². The molecule has 0 aromatic heterocycles. The van der Waals surface area contributed by atoms with Crippen LogP contribution in [-0.4, -0.2) is 6.04 Å². The van der Waals surface area contributed by atoms with Crippen LogP contribution < -0.4 is 5.32 Å². The zero-order chi connectivity index (χ0) is 7.52. The topological polar surface area (TPSA) is 16.6 Å². The molecule has 0 bridgehead atoms. The molecular weight excluding hydrogens is 134 g/mol. The largest absolute Gasteiger partial charge is 0.340 e. The average Bonchev–Trinajstić information content (AvgIpc) is 2.86. The summed E-state index contributed by atoms with van der Waals surface area (Å²) in [5, 5.41) is 2.44. The molecule has 0 aliphatic heterocycles. The van der Waals surface area contributed by atoms with E-state index in [0.29, 0.717) is 0 Å². The fraction of sp³-hybridized carbons (Fsp3) is 0.400. The van der Waals surface area contributed by atoms with Gasteiger partial charge in [0.2, 0.25) is 0 Å². The molecule has 0 saturated heterocycles. The Morgan fingerprint density at radius 2 is 1.91 bits per heavy atom. The molecule has 1 aromatic rings. The van der Waals surface area contributed by atoms with E-state index in [2.05, 4.69) is 35.6 Å². The summed E-state index contributed by atoms with van der Waals surface area (Å²) in [6, 6.07) is 11.6. The van der Waals surface area contributed by atoms with Gasteiger partial charge < -0.3 is 5.32 Å². The molecule has 1 fully saturated rings. The lowest BCUT2D eigenvalue weighted by Gasteiger charge is -1.98. The minimum Gasteiger partial charge on any atom is -0.340 e. The highest BCUT2D eigenvalue weighted by Crippen LogP contribution is 2.13. The van der Waals surface area contributed by atoms with Crippen molar-refractivity contribution in [1.82, 2.24) is 0 Å². The molecule has 2 rings (SSSR count). The lowest BCUT2D eigenvalue weighted by molar-refractivity contribution is -0.683. The van der Waals surface area contributed by atoms with Gasteiger partial charge in [0.15, 0.2) is 0 Å². The van der Waals surface area contributed by atoms with E-state index in [-0.39, 0.29) is 0 Å². The maximum absolute atomic E-state index is 2.44. The summed E-state index contributed by atoms with van der Waals surface area (Å²) >= 11 is 0. The third-order valence-electron chi connectivity index (χ3n) is 2.15. The maximum atomic E-state index is 2.44. The van der Waals surface area contributed by atoms with Crippen molar-refractivity contribution in [1.29, 1.82) is 0 Å². The average molecular weight is 148 g/mol. The Labute approximate surface area is 67.4 Å². The van der Waals surface area contributed by atoms with E-state index in [1.807, 2.05) is 0 Å². The van der Waals surface area contributed by atoms with Crippen molar-refractivity contribution in [2.75, 3.05) is 0 Å². The Kier molecular flexibility index (Phi) is 1.91. The van der Waals surface area contributed by atoms with Gasteiger partial charge in [-0.15, -0.1) is 0 Å². The monoisotopic (exact) mass is 148 g/mol. The van der Waals surface area contributed by atoms with Crippen molar-refractivity contribution in [2.45, 2.75) is 25.4 Å². The Morgan fingerprint density at radius 3 is 2.55 bits per heavy atom. The van der Waals surface area contributed by atoms with Crippen LogP contribution in [0.4, 0.5) is 0 Å². The first-order chi connectivity index (χ1) is 5.45. The Morgan fingerprint density at radius 1 is 1.18 bits per heavy atom. The summed E-state index contributed by atoms with van der Waals surface area (Å²) in [4.78, 5) is 0. The Balaban J connectivity index is 1.85. The van der Waals surface area contributed by atoms with E-state index in [1.54, 1.807) is 0 Å². The van der Waals surface area contributed by atoms with Gasteiger partial charge in [0.05, 0.1) is 6.04 Å². The first-order valence-corrected chi connectivity index (χ1v) is 4.32. The maximum Gasteiger partial charge on any atom is 0.101 e. The SMILES string of the molecule is c1ccc(C[NH2+]C2CC2)cc1. The van der Waals surface area contributed by atoms with E-state index in [0.717, 1.165) is 12.6 Å². The van der Waals surface area contributed by atoms with E-state index in [4.69, 9.17) is 0 Å². The van der Waals surface area contributed by atoms with Crippen LogP contribution in [0.25, 0.3) is 0 Å². The summed E-state index contributed by atoms with van der Waals surface area (Å²) in [5.74, 6) is 0. The van der Waals surface area contributed by atoms with Gasteiger partial charge in [0.1, 0.15) is 6.54 Å². The minimum absolute atomic E-state index is 0.940. The molecule has 0 atom stereocenters. The molecular formula is C10H14N+. The smallest absolute Gasteiger partial charge is 0.101 e. The molecule has 1 nitrogen and oxygen atoms in total. The number of quaternary nitrogens is 1. The van der Waals surface area contributed by atoms with Crippen molar-refractivity contribution in [3.63, 3.8) is 0 Å². The Bertz CT molecular complexity index is 214. The second-order valence-corrected chi connectivity index (χ2v) is 3.26. The lowest BCUT2D eigenvalue weighted by Crippen LogP contribution is -2.84. The van der Waals surface area contributed by atoms with Crippen molar-refractivity contribution in [2.24, 2.45) is 0 Å². The molecule has 2 N–H and O–H groups in total. The summed E-state index contributed by atoms with van der Waals surface area (Å²) < 4.78 is 0. The van der Waals surface area contributed by atoms with Gasteiger partial charge in [-0.1, -0.05) is 30.3 Å². The number of hydrogen-bond acceptors (Lipinski definition) is 0. The van der Waals surface area contributed by atoms with Gasteiger partial charge >= 0.3 is 0 Å². The van der Waals surface area contributed by atoms with Crippen molar-refractivity contribution < 1.29 is 5.32 Å².